The number of hydrogen-bond donors (Lipinski definition) is 2. The van der Waals surface area contributed by atoms with E-state index >= 15 is 0 Å². The molecule has 5 nitrogen and oxygen atoms in total. The Balaban J connectivity index is 1.94. The van der Waals surface area contributed by atoms with Crippen molar-refractivity contribution in [3.05, 3.63) is 64.1 Å². The summed E-state index contributed by atoms with van der Waals surface area (Å²) in [6.45, 7) is 1.85. The fourth-order valence-corrected chi connectivity index (χ4v) is 2.07. The molecule has 0 spiro atoms. The zero-order valence-corrected chi connectivity index (χ0v) is 13.4. The van der Waals surface area contributed by atoms with E-state index in [-0.39, 0.29) is 0 Å². The number of carbonyl (C=O) groups excluding carboxylic acids is 2. The number of rotatable bonds is 3. The largest absolute Gasteiger partial charge is 0.329 e. The highest BCUT2D eigenvalue weighted by atomic mass is 79.9. The van der Waals surface area contributed by atoms with Gasteiger partial charge in [-0.3, -0.25) is 9.59 Å². The SMILES string of the molecule is Cc1ccccc1NC(=O)C(=O)N/N=C\c1ccccc1Br. The van der Waals surface area contributed by atoms with Gasteiger partial charge in [0.25, 0.3) is 0 Å². The Bertz CT molecular complexity index is 729. The van der Waals surface area contributed by atoms with Gasteiger partial charge in [-0.2, -0.15) is 5.10 Å². The van der Waals surface area contributed by atoms with E-state index in [0.717, 1.165) is 15.6 Å². The Morgan fingerprint density at radius 2 is 1.73 bits per heavy atom. The van der Waals surface area contributed by atoms with Crippen LogP contribution in [0.5, 0.6) is 0 Å². The van der Waals surface area contributed by atoms with Gasteiger partial charge in [-0.05, 0) is 24.6 Å². The summed E-state index contributed by atoms with van der Waals surface area (Å²) in [6, 6.07) is 14.6. The van der Waals surface area contributed by atoms with Crippen LogP contribution in [0.3, 0.4) is 0 Å². The smallest absolute Gasteiger partial charge is 0.317 e. The maximum Gasteiger partial charge on any atom is 0.329 e. The quantitative estimate of drug-likeness (QED) is 0.502. The fraction of sp³-hybridized carbons (Fsp3) is 0.0625. The Labute approximate surface area is 136 Å². The summed E-state index contributed by atoms with van der Waals surface area (Å²) in [6.07, 6.45) is 1.46. The number of nitrogens with one attached hydrogen (secondary N) is 2. The highest BCUT2D eigenvalue weighted by Crippen LogP contribution is 2.13. The molecule has 0 saturated heterocycles. The number of halogens is 1. The monoisotopic (exact) mass is 359 g/mol. The number of nitrogens with zero attached hydrogens (tertiary/aromatic N) is 1. The molecule has 0 heterocycles. The van der Waals surface area contributed by atoms with Crippen molar-refractivity contribution in [1.29, 1.82) is 0 Å². The summed E-state index contributed by atoms with van der Waals surface area (Å²) < 4.78 is 0.845. The molecule has 2 aromatic carbocycles. The van der Waals surface area contributed by atoms with Gasteiger partial charge in [-0.1, -0.05) is 52.3 Å². The molecule has 2 rings (SSSR count). The lowest BCUT2D eigenvalue weighted by molar-refractivity contribution is -0.136. The van der Waals surface area contributed by atoms with Crippen LogP contribution in [0.25, 0.3) is 0 Å². The molecule has 22 heavy (non-hydrogen) atoms. The Morgan fingerprint density at radius 3 is 2.45 bits per heavy atom. The van der Waals surface area contributed by atoms with Crippen LogP contribution in [-0.2, 0) is 9.59 Å². The van der Waals surface area contributed by atoms with Gasteiger partial charge < -0.3 is 5.32 Å². The number of hydrazone groups is 1. The molecule has 0 aliphatic heterocycles. The minimum atomic E-state index is -0.827. The summed E-state index contributed by atoms with van der Waals surface area (Å²) in [5, 5.41) is 6.31. The Hall–Kier alpha value is -2.47. The Morgan fingerprint density at radius 1 is 1.05 bits per heavy atom. The molecule has 0 atom stereocenters. The molecule has 0 fully saturated rings. The second-order valence-electron chi connectivity index (χ2n) is 4.49. The maximum atomic E-state index is 11.8. The van der Waals surface area contributed by atoms with E-state index in [9.17, 15) is 9.59 Å². The topological polar surface area (TPSA) is 70.6 Å². The standard InChI is InChI=1S/C16H14BrN3O2/c1-11-6-2-5-9-14(11)19-15(21)16(22)20-18-10-12-7-3-4-8-13(12)17/h2-10H,1H3,(H,19,21)(H,20,22)/b18-10-. The van der Waals surface area contributed by atoms with E-state index in [1.54, 1.807) is 12.1 Å². The van der Waals surface area contributed by atoms with Gasteiger partial charge in [0, 0.05) is 15.7 Å². The van der Waals surface area contributed by atoms with Crippen LogP contribution in [-0.4, -0.2) is 18.0 Å². The molecule has 0 radical (unpaired) electrons. The third kappa shape index (κ3) is 4.26. The highest BCUT2D eigenvalue weighted by Gasteiger charge is 2.13. The number of benzene rings is 2. The van der Waals surface area contributed by atoms with Crippen molar-refractivity contribution in [3.8, 4) is 0 Å². The predicted molar refractivity (Wildman–Crippen MR) is 89.7 cm³/mol. The van der Waals surface area contributed by atoms with E-state index in [1.807, 2.05) is 43.3 Å². The first kappa shape index (κ1) is 15.9. The molecule has 112 valence electrons. The van der Waals surface area contributed by atoms with Crippen molar-refractivity contribution < 1.29 is 9.59 Å². The normalized spacial score (nSPS) is 10.5. The van der Waals surface area contributed by atoms with Crippen molar-refractivity contribution in [2.75, 3.05) is 5.32 Å². The first-order valence-corrected chi connectivity index (χ1v) is 7.32. The molecule has 6 heteroatoms. The molecule has 0 aromatic heterocycles. The van der Waals surface area contributed by atoms with Crippen LogP contribution in [0.15, 0.2) is 58.1 Å². The maximum absolute atomic E-state index is 11.8. The van der Waals surface area contributed by atoms with Gasteiger partial charge in [-0.15, -0.1) is 0 Å². The summed E-state index contributed by atoms with van der Waals surface area (Å²) in [7, 11) is 0. The predicted octanol–water partition coefficient (Wildman–Crippen LogP) is 2.85. The van der Waals surface area contributed by atoms with Crippen molar-refractivity contribution in [1.82, 2.24) is 5.43 Å². The second kappa shape index (κ2) is 7.51. The van der Waals surface area contributed by atoms with E-state index < -0.39 is 11.8 Å². The minimum Gasteiger partial charge on any atom is -0.317 e. The van der Waals surface area contributed by atoms with Crippen molar-refractivity contribution in [2.24, 2.45) is 5.10 Å². The van der Waals surface area contributed by atoms with E-state index in [1.165, 1.54) is 6.21 Å². The number of hydrogen-bond acceptors (Lipinski definition) is 3. The van der Waals surface area contributed by atoms with Crippen molar-refractivity contribution >= 4 is 39.6 Å². The van der Waals surface area contributed by atoms with Crippen molar-refractivity contribution in [2.45, 2.75) is 6.92 Å². The van der Waals surface area contributed by atoms with Crippen molar-refractivity contribution in [3.63, 3.8) is 0 Å². The average molecular weight is 360 g/mol. The molecule has 0 unspecified atom stereocenters. The third-order valence-corrected chi connectivity index (χ3v) is 3.60. The summed E-state index contributed by atoms with van der Waals surface area (Å²) in [4.78, 5) is 23.5. The van der Waals surface area contributed by atoms with Gasteiger partial charge in [0.1, 0.15) is 0 Å². The first-order chi connectivity index (χ1) is 10.6. The molecule has 0 aliphatic carbocycles. The van der Waals surface area contributed by atoms with Crippen LogP contribution >= 0.6 is 15.9 Å². The lowest BCUT2D eigenvalue weighted by Gasteiger charge is -2.06. The van der Waals surface area contributed by atoms with Gasteiger partial charge in [0.15, 0.2) is 0 Å². The van der Waals surface area contributed by atoms with Gasteiger partial charge in [0.2, 0.25) is 0 Å². The molecule has 2 N–H and O–H groups in total. The van der Waals surface area contributed by atoms with E-state index in [4.69, 9.17) is 0 Å². The van der Waals surface area contributed by atoms with E-state index in [0.29, 0.717) is 5.69 Å². The Kier molecular flexibility index (Phi) is 5.43. The van der Waals surface area contributed by atoms with Gasteiger partial charge in [0.05, 0.1) is 6.21 Å². The molecular weight excluding hydrogens is 346 g/mol. The summed E-state index contributed by atoms with van der Waals surface area (Å²) >= 11 is 3.36. The molecular formula is C16H14BrN3O2. The van der Waals surface area contributed by atoms with Crippen LogP contribution in [0.4, 0.5) is 5.69 Å². The number of para-hydroxylation sites is 1. The van der Waals surface area contributed by atoms with Crippen LogP contribution in [0, 0.1) is 6.92 Å². The molecule has 2 aromatic rings. The number of amides is 2. The lowest BCUT2D eigenvalue weighted by atomic mass is 10.2. The number of carbonyl (C=O) groups is 2. The summed E-state index contributed by atoms with van der Waals surface area (Å²) in [5.74, 6) is -1.59. The van der Waals surface area contributed by atoms with Gasteiger partial charge in [-0.25, -0.2) is 5.43 Å². The second-order valence-corrected chi connectivity index (χ2v) is 5.34. The van der Waals surface area contributed by atoms with E-state index in [2.05, 4.69) is 31.8 Å². The van der Waals surface area contributed by atoms with Gasteiger partial charge >= 0.3 is 11.8 Å². The third-order valence-electron chi connectivity index (χ3n) is 2.87. The highest BCUT2D eigenvalue weighted by molar-refractivity contribution is 9.10. The zero-order valence-electron chi connectivity index (χ0n) is 11.8. The fourth-order valence-electron chi connectivity index (χ4n) is 1.68. The molecule has 0 aliphatic rings. The van der Waals surface area contributed by atoms with Crippen LogP contribution in [0.1, 0.15) is 11.1 Å². The lowest BCUT2D eigenvalue weighted by Crippen LogP contribution is -2.32. The minimum absolute atomic E-state index is 0.595. The molecule has 2 amide bonds. The number of anilines is 1. The molecule has 0 saturated carbocycles. The van der Waals surface area contributed by atoms with Crippen LogP contribution < -0.4 is 10.7 Å². The zero-order chi connectivity index (χ0) is 15.9. The molecule has 0 bridgehead atoms. The first-order valence-electron chi connectivity index (χ1n) is 6.52. The number of aryl methyl sites for hydroxylation is 1. The summed E-state index contributed by atoms with van der Waals surface area (Å²) in [5.41, 5.74) is 4.46. The van der Waals surface area contributed by atoms with Crippen LogP contribution in [0.2, 0.25) is 0 Å². The average Bonchev–Trinajstić information content (AvgIpc) is 2.51.